The van der Waals surface area contributed by atoms with Crippen LogP contribution in [0.4, 0.5) is 0 Å². The van der Waals surface area contributed by atoms with Crippen molar-refractivity contribution in [2.24, 2.45) is 0 Å². The molecule has 1 aromatic rings. The number of pyridine rings is 1. The van der Waals surface area contributed by atoms with Crippen molar-refractivity contribution in [2.75, 3.05) is 0 Å². The largest absolute Gasteiger partial charge is 0.356 e. The van der Waals surface area contributed by atoms with E-state index in [0.717, 1.165) is 0 Å². The van der Waals surface area contributed by atoms with Crippen LogP contribution in [0, 0.1) is 0 Å². The van der Waals surface area contributed by atoms with Crippen LogP contribution in [0.25, 0.3) is 0 Å². The molecule has 1 heterocycles. The summed E-state index contributed by atoms with van der Waals surface area (Å²) in [5, 5.41) is 0. The SMILES string of the molecule is C.O=c1cc[nH]c(Br)c1. The van der Waals surface area contributed by atoms with E-state index in [2.05, 4.69) is 20.9 Å². The molecule has 0 aliphatic rings. The van der Waals surface area contributed by atoms with Gasteiger partial charge in [0.15, 0.2) is 5.43 Å². The Morgan fingerprint density at radius 2 is 2.22 bits per heavy atom. The van der Waals surface area contributed by atoms with Gasteiger partial charge in [-0.2, -0.15) is 0 Å². The fraction of sp³-hybridized carbons (Fsp3) is 0.167. The maximum Gasteiger partial charge on any atom is 0.182 e. The average Bonchev–Trinajstić information content (AvgIpc) is 1.64. The molecule has 3 heteroatoms. The molecule has 0 radical (unpaired) electrons. The Labute approximate surface area is 62.1 Å². The van der Waals surface area contributed by atoms with E-state index in [4.69, 9.17) is 0 Å². The highest BCUT2D eigenvalue weighted by atomic mass is 79.9. The van der Waals surface area contributed by atoms with E-state index in [-0.39, 0.29) is 12.9 Å². The zero-order valence-corrected chi connectivity index (χ0v) is 5.60. The van der Waals surface area contributed by atoms with E-state index in [9.17, 15) is 4.79 Å². The molecular formula is C6H8BrNO. The van der Waals surface area contributed by atoms with Gasteiger partial charge >= 0.3 is 0 Å². The lowest BCUT2D eigenvalue weighted by molar-refractivity contribution is 1.26. The zero-order chi connectivity index (χ0) is 5.98. The summed E-state index contributed by atoms with van der Waals surface area (Å²) in [5.74, 6) is 0. The van der Waals surface area contributed by atoms with Gasteiger partial charge in [0.05, 0.1) is 4.60 Å². The topological polar surface area (TPSA) is 32.9 Å². The minimum absolute atomic E-state index is 0. The van der Waals surface area contributed by atoms with E-state index in [1.54, 1.807) is 6.20 Å². The normalized spacial score (nSPS) is 8.11. The second-order valence-corrected chi connectivity index (χ2v) is 2.23. The quantitative estimate of drug-likeness (QED) is 0.621. The van der Waals surface area contributed by atoms with Gasteiger partial charge in [0.1, 0.15) is 0 Å². The van der Waals surface area contributed by atoms with Crippen LogP contribution in [0.15, 0.2) is 27.7 Å². The second-order valence-electron chi connectivity index (χ2n) is 1.37. The van der Waals surface area contributed by atoms with Crippen molar-refractivity contribution < 1.29 is 0 Å². The summed E-state index contributed by atoms with van der Waals surface area (Å²) in [4.78, 5) is 13.2. The lowest BCUT2D eigenvalue weighted by Crippen LogP contribution is -1.94. The Morgan fingerprint density at radius 1 is 1.56 bits per heavy atom. The van der Waals surface area contributed by atoms with E-state index < -0.39 is 0 Å². The van der Waals surface area contributed by atoms with Crippen molar-refractivity contribution in [1.82, 2.24) is 4.98 Å². The maximum absolute atomic E-state index is 10.4. The van der Waals surface area contributed by atoms with Crippen LogP contribution in [-0.4, -0.2) is 4.98 Å². The average molecular weight is 190 g/mol. The van der Waals surface area contributed by atoms with Crippen molar-refractivity contribution in [3.8, 4) is 0 Å². The standard InChI is InChI=1S/C5H4BrNO.CH4/c6-5-3-4(8)1-2-7-5;/h1-3H,(H,7,8);1H4. The molecule has 0 aliphatic heterocycles. The number of nitrogens with one attached hydrogen (secondary N) is 1. The molecule has 1 N–H and O–H groups in total. The molecule has 0 fully saturated rings. The van der Waals surface area contributed by atoms with Crippen molar-refractivity contribution in [1.29, 1.82) is 0 Å². The van der Waals surface area contributed by atoms with Crippen molar-refractivity contribution in [3.05, 3.63) is 33.2 Å². The summed E-state index contributed by atoms with van der Waals surface area (Å²) in [6.07, 6.45) is 1.59. The number of halogens is 1. The Bertz CT molecular complexity index is 230. The van der Waals surface area contributed by atoms with Gasteiger partial charge in [0.2, 0.25) is 0 Å². The number of aromatic amines is 1. The number of hydrogen-bond acceptors (Lipinski definition) is 1. The highest BCUT2D eigenvalue weighted by molar-refractivity contribution is 9.10. The van der Waals surface area contributed by atoms with Gasteiger partial charge in [0, 0.05) is 18.3 Å². The Morgan fingerprint density at radius 3 is 2.56 bits per heavy atom. The summed E-state index contributed by atoms with van der Waals surface area (Å²) < 4.78 is 0.713. The van der Waals surface area contributed by atoms with Crippen molar-refractivity contribution in [3.63, 3.8) is 0 Å². The first-order valence-electron chi connectivity index (χ1n) is 2.13. The molecular weight excluding hydrogens is 182 g/mol. The van der Waals surface area contributed by atoms with Gasteiger partial charge in [-0.15, -0.1) is 0 Å². The second kappa shape index (κ2) is 3.45. The molecule has 9 heavy (non-hydrogen) atoms. The molecule has 0 aliphatic carbocycles. The van der Waals surface area contributed by atoms with Gasteiger partial charge in [-0.3, -0.25) is 4.79 Å². The number of rotatable bonds is 0. The van der Waals surface area contributed by atoms with Crippen molar-refractivity contribution in [2.45, 2.75) is 7.43 Å². The molecule has 0 atom stereocenters. The first-order valence-corrected chi connectivity index (χ1v) is 2.92. The van der Waals surface area contributed by atoms with Gasteiger partial charge < -0.3 is 4.98 Å². The molecule has 2 nitrogen and oxygen atoms in total. The first-order chi connectivity index (χ1) is 3.79. The van der Waals surface area contributed by atoms with Gasteiger partial charge in [0.25, 0.3) is 0 Å². The first kappa shape index (κ1) is 8.43. The smallest absolute Gasteiger partial charge is 0.182 e. The van der Waals surface area contributed by atoms with Gasteiger partial charge in [-0.05, 0) is 15.9 Å². The predicted molar refractivity (Wildman–Crippen MR) is 41.5 cm³/mol. The molecule has 0 unspecified atom stereocenters. The molecule has 0 saturated carbocycles. The van der Waals surface area contributed by atoms with Crippen LogP contribution in [-0.2, 0) is 0 Å². The van der Waals surface area contributed by atoms with E-state index >= 15 is 0 Å². The third kappa shape index (κ3) is 2.46. The van der Waals surface area contributed by atoms with Crippen molar-refractivity contribution >= 4 is 15.9 Å². The van der Waals surface area contributed by atoms with Crippen LogP contribution in [0.1, 0.15) is 7.43 Å². The van der Waals surface area contributed by atoms with Crippen LogP contribution in [0.2, 0.25) is 0 Å². The summed E-state index contributed by atoms with van der Waals surface area (Å²) in [6, 6.07) is 2.94. The molecule has 0 spiro atoms. The minimum Gasteiger partial charge on any atom is -0.356 e. The number of hydrogen-bond donors (Lipinski definition) is 1. The third-order valence-corrected chi connectivity index (χ3v) is 1.20. The minimum atomic E-state index is 0. The number of aromatic nitrogens is 1. The van der Waals surface area contributed by atoms with Crippen LogP contribution in [0.5, 0.6) is 0 Å². The Balaban J connectivity index is 0.000000640. The van der Waals surface area contributed by atoms with E-state index in [0.29, 0.717) is 4.60 Å². The third-order valence-electron chi connectivity index (χ3n) is 0.738. The predicted octanol–water partition coefficient (Wildman–Crippen LogP) is 1.77. The highest BCUT2D eigenvalue weighted by Gasteiger charge is 1.82. The number of H-pyrrole nitrogens is 1. The van der Waals surface area contributed by atoms with Gasteiger partial charge in [-0.1, -0.05) is 7.43 Å². The van der Waals surface area contributed by atoms with Gasteiger partial charge in [-0.25, -0.2) is 0 Å². The summed E-state index contributed by atoms with van der Waals surface area (Å²) in [5.41, 5.74) is 0.00984. The Kier molecular flexibility index (Phi) is 3.24. The summed E-state index contributed by atoms with van der Waals surface area (Å²) in [6.45, 7) is 0. The van der Waals surface area contributed by atoms with Crippen LogP contribution >= 0.6 is 15.9 Å². The molecule has 1 aromatic heterocycles. The lowest BCUT2D eigenvalue weighted by Gasteiger charge is -1.82. The molecule has 50 valence electrons. The van der Waals surface area contributed by atoms with E-state index in [1.807, 2.05) is 0 Å². The van der Waals surface area contributed by atoms with Crippen LogP contribution < -0.4 is 5.43 Å². The summed E-state index contributed by atoms with van der Waals surface area (Å²) in [7, 11) is 0. The lowest BCUT2D eigenvalue weighted by atomic mass is 10.5. The molecule has 0 amide bonds. The molecule has 1 rings (SSSR count). The molecule has 0 bridgehead atoms. The highest BCUT2D eigenvalue weighted by Crippen LogP contribution is 1.96. The maximum atomic E-state index is 10.4. The fourth-order valence-corrected chi connectivity index (χ4v) is 0.776. The fourth-order valence-electron chi connectivity index (χ4n) is 0.418. The van der Waals surface area contributed by atoms with E-state index in [1.165, 1.54) is 12.1 Å². The monoisotopic (exact) mass is 189 g/mol. The van der Waals surface area contributed by atoms with Crippen LogP contribution in [0.3, 0.4) is 0 Å². The summed E-state index contributed by atoms with van der Waals surface area (Å²) >= 11 is 3.11. The Hall–Kier alpha value is -0.570. The molecule has 0 saturated heterocycles. The molecule has 0 aromatic carbocycles. The zero-order valence-electron chi connectivity index (χ0n) is 4.02.